The molecule has 0 bridgehead atoms. The lowest BCUT2D eigenvalue weighted by Crippen LogP contribution is -2.49. The molecule has 21 heavy (non-hydrogen) atoms. The molecule has 1 nitrogen and oxygen atoms in total. The fourth-order valence-corrected chi connectivity index (χ4v) is 2.59. The van der Waals surface area contributed by atoms with Gasteiger partial charge in [0, 0.05) is 0 Å². The maximum Gasteiger partial charge on any atom is 0.0648 e. The third kappa shape index (κ3) is 6.55. The number of hydrogen-bond donors (Lipinski definition) is 0. The average molecular weight is 296 g/mol. The highest BCUT2D eigenvalue weighted by atomic mass is 16.5. The van der Waals surface area contributed by atoms with Gasteiger partial charge in [0.05, 0.1) is 5.60 Å². The van der Waals surface area contributed by atoms with Gasteiger partial charge in [-0.3, -0.25) is 5.92 Å². The molecule has 126 valence electrons. The lowest BCUT2D eigenvalue weighted by atomic mass is 9.72. The fraction of sp³-hybridized carbons (Fsp3) is 0.850. The highest BCUT2D eigenvalue weighted by Crippen LogP contribution is 2.43. The fourth-order valence-electron chi connectivity index (χ4n) is 2.59. The first-order valence-electron chi connectivity index (χ1n) is 8.64. The molecule has 0 radical (unpaired) electrons. The zero-order valence-electron chi connectivity index (χ0n) is 16.1. The van der Waals surface area contributed by atoms with Crippen LogP contribution in [0.1, 0.15) is 94.4 Å². The van der Waals surface area contributed by atoms with Crippen molar-refractivity contribution in [1.82, 2.24) is 0 Å². The molecule has 1 heteroatoms. The highest BCUT2D eigenvalue weighted by Gasteiger charge is 2.39. The van der Waals surface area contributed by atoms with Crippen LogP contribution in [0.3, 0.4) is 0 Å². The zero-order valence-corrected chi connectivity index (χ0v) is 16.1. The van der Waals surface area contributed by atoms with Crippen LogP contribution in [0, 0.1) is 11.3 Å². The first kappa shape index (κ1) is 20.7. The lowest BCUT2D eigenvalue weighted by molar-refractivity contribution is -0.170. The summed E-state index contributed by atoms with van der Waals surface area (Å²) in [4.78, 5) is 0. The Kier molecular flexibility index (Phi) is 8.24. The molecule has 0 unspecified atom stereocenters. The van der Waals surface area contributed by atoms with E-state index < -0.39 is 0 Å². The molecule has 0 saturated heterocycles. The number of rotatable bonds is 10. The van der Waals surface area contributed by atoms with E-state index in [0.717, 1.165) is 6.42 Å². The molecule has 0 fully saturated rings. The Morgan fingerprint density at radius 1 is 1.00 bits per heavy atom. The number of unbranched alkanes of at least 4 members (excludes halogenated alkanes) is 2. The molecule has 0 spiro atoms. The largest absolute Gasteiger partial charge is 0.401 e. The second-order valence-electron chi connectivity index (χ2n) is 7.96. The van der Waals surface area contributed by atoms with E-state index in [1.54, 1.807) is 0 Å². The summed E-state index contributed by atoms with van der Waals surface area (Å²) in [5, 5.41) is 0. The predicted molar refractivity (Wildman–Crippen MR) is 95.5 cm³/mol. The van der Waals surface area contributed by atoms with Crippen LogP contribution in [0.25, 0.3) is 0 Å². The Hall–Kier alpha value is -0.300. The van der Waals surface area contributed by atoms with E-state index in [1.165, 1.54) is 31.6 Å². The quantitative estimate of drug-likeness (QED) is 0.247. The van der Waals surface area contributed by atoms with E-state index in [-0.39, 0.29) is 16.6 Å². The lowest BCUT2D eigenvalue weighted by Gasteiger charge is -2.53. The molecular formula is C20H39O-. The van der Waals surface area contributed by atoms with Crippen molar-refractivity contribution >= 4 is 0 Å². The van der Waals surface area contributed by atoms with Crippen LogP contribution < -0.4 is 0 Å². The van der Waals surface area contributed by atoms with Crippen molar-refractivity contribution in [2.24, 2.45) is 5.41 Å². The van der Waals surface area contributed by atoms with Gasteiger partial charge in [-0.25, -0.2) is 0 Å². The van der Waals surface area contributed by atoms with Crippen LogP contribution in [-0.4, -0.2) is 11.2 Å². The molecule has 0 saturated carbocycles. The topological polar surface area (TPSA) is 9.23 Å². The van der Waals surface area contributed by atoms with Crippen LogP contribution >= 0.6 is 0 Å². The summed E-state index contributed by atoms with van der Waals surface area (Å²) in [5.74, 6) is 1.42. The van der Waals surface area contributed by atoms with Crippen molar-refractivity contribution in [2.75, 3.05) is 0 Å². The number of ether oxygens (including phenoxy) is 1. The molecule has 0 heterocycles. The van der Waals surface area contributed by atoms with E-state index in [9.17, 15) is 0 Å². The Bertz CT molecular complexity index is 310. The molecule has 0 atom stereocenters. The number of hydrogen-bond acceptors (Lipinski definition) is 1. The van der Waals surface area contributed by atoms with Gasteiger partial charge < -0.3 is 4.74 Å². The number of allylic oxidation sites excluding steroid dienone is 2. The van der Waals surface area contributed by atoms with E-state index >= 15 is 0 Å². The van der Waals surface area contributed by atoms with Gasteiger partial charge in [-0.2, -0.15) is 13.3 Å². The summed E-state index contributed by atoms with van der Waals surface area (Å²) in [7, 11) is 0. The van der Waals surface area contributed by atoms with Crippen molar-refractivity contribution in [3.05, 3.63) is 18.1 Å². The Morgan fingerprint density at radius 3 is 2.05 bits per heavy atom. The SMILES string of the molecule is C/C=C/CCCCC(C)(C)C(C)(C)OC(C)(C)[C-](C)CC. The monoisotopic (exact) mass is 295 g/mol. The van der Waals surface area contributed by atoms with Gasteiger partial charge >= 0.3 is 0 Å². The van der Waals surface area contributed by atoms with Crippen molar-refractivity contribution in [2.45, 2.75) is 106 Å². The van der Waals surface area contributed by atoms with Crippen molar-refractivity contribution in [3.8, 4) is 0 Å². The predicted octanol–water partition coefficient (Wildman–Crippen LogP) is 6.73. The first-order valence-corrected chi connectivity index (χ1v) is 8.64. The summed E-state index contributed by atoms with van der Waals surface area (Å²) in [6, 6.07) is 0. The summed E-state index contributed by atoms with van der Waals surface area (Å²) < 4.78 is 6.57. The van der Waals surface area contributed by atoms with Crippen LogP contribution in [0.5, 0.6) is 0 Å². The molecule has 0 rings (SSSR count). The van der Waals surface area contributed by atoms with Crippen molar-refractivity contribution in [1.29, 1.82) is 0 Å². The third-order valence-electron chi connectivity index (χ3n) is 5.36. The van der Waals surface area contributed by atoms with Crippen LogP contribution in [0.2, 0.25) is 0 Å². The molecule has 0 amide bonds. The summed E-state index contributed by atoms with van der Waals surface area (Å²) >= 11 is 0. The molecule has 0 aliphatic rings. The van der Waals surface area contributed by atoms with Gasteiger partial charge in [-0.1, -0.05) is 58.8 Å². The maximum atomic E-state index is 6.57. The summed E-state index contributed by atoms with van der Waals surface area (Å²) in [5.41, 5.74) is -0.109. The van der Waals surface area contributed by atoms with Crippen LogP contribution in [0.4, 0.5) is 0 Å². The molecule has 0 aliphatic carbocycles. The van der Waals surface area contributed by atoms with Gasteiger partial charge in [-0.05, 0) is 45.4 Å². The smallest absolute Gasteiger partial charge is 0.0648 e. The Balaban J connectivity index is 4.63. The van der Waals surface area contributed by atoms with E-state index in [2.05, 4.69) is 74.5 Å². The normalized spacial score (nSPS) is 14.4. The third-order valence-corrected chi connectivity index (χ3v) is 5.36. The van der Waals surface area contributed by atoms with E-state index in [4.69, 9.17) is 4.74 Å². The summed E-state index contributed by atoms with van der Waals surface area (Å²) in [6.45, 7) is 20.1. The van der Waals surface area contributed by atoms with Crippen LogP contribution in [0.15, 0.2) is 12.2 Å². The first-order chi connectivity index (χ1) is 9.50. The zero-order chi connectivity index (χ0) is 16.7. The van der Waals surface area contributed by atoms with Crippen molar-refractivity contribution in [3.63, 3.8) is 0 Å². The Labute approximate surface area is 134 Å². The van der Waals surface area contributed by atoms with E-state index in [1.807, 2.05) is 0 Å². The molecular weight excluding hydrogens is 256 g/mol. The molecule has 0 aromatic heterocycles. The maximum absolute atomic E-state index is 6.57. The van der Waals surface area contributed by atoms with Gasteiger partial charge in [0.1, 0.15) is 0 Å². The molecule has 0 aromatic carbocycles. The minimum Gasteiger partial charge on any atom is -0.401 e. The minimum atomic E-state index is -0.152. The highest BCUT2D eigenvalue weighted by molar-refractivity contribution is 5.03. The van der Waals surface area contributed by atoms with Crippen LogP contribution in [-0.2, 0) is 4.74 Å². The summed E-state index contributed by atoms with van der Waals surface area (Å²) in [6.07, 6.45) is 10.4. The van der Waals surface area contributed by atoms with E-state index in [0.29, 0.717) is 0 Å². The van der Waals surface area contributed by atoms with Gasteiger partial charge in [0.15, 0.2) is 0 Å². The molecule has 0 aromatic rings. The molecule has 0 aliphatic heterocycles. The average Bonchev–Trinajstić information content (AvgIpc) is 2.35. The Morgan fingerprint density at radius 2 is 1.57 bits per heavy atom. The second-order valence-corrected chi connectivity index (χ2v) is 7.96. The van der Waals surface area contributed by atoms with Gasteiger partial charge in [0.2, 0.25) is 0 Å². The molecule has 0 N–H and O–H groups in total. The van der Waals surface area contributed by atoms with Gasteiger partial charge in [0.25, 0.3) is 0 Å². The minimum absolute atomic E-state index is 0.131. The standard InChI is InChI=1S/C20H39O/c1-10-12-13-14-15-16-18(4,5)20(8,9)21-19(6,7)17(3)11-2/h10,12H,11,13-16H2,1-9H3/q-1/b12-10+. The second kappa shape index (κ2) is 8.36. The van der Waals surface area contributed by atoms with Gasteiger partial charge in [-0.15, -0.1) is 0 Å². The van der Waals surface area contributed by atoms with Crippen molar-refractivity contribution < 1.29 is 4.74 Å².